The third-order valence-corrected chi connectivity index (χ3v) is 8.99. The smallest absolute Gasteiger partial charge is 0.301 e. The van der Waals surface area contributed by atoms with E-state index in [0.717, 1.165) is 38.6 Å². The van der Waals surface area contributed by atoms with Gasteiger partial charge in [0.25, 0.3) is 5.78 Å². The van der Waals surface area contributed by atoms with Crippen LogP contribution in [0.3, 0.4) is 0 Å². The highest BCUT2D eigenvalue weighted by atomic mass is 32.2. The minimum atomic E-state index is -1.15. The summed E-state index contributed by atoms with van der Waals surface area (Å²) in [5, 5.41) is 32.3. The van der Waals surface area contributed by atoms with Gasteiger partial charge in [-0.25, -0.2) is 4.39 Å². The first-order chi connectivity index (χ1) is 20.4. The van der Waals surface area contributed by atoms with Crippen molar-refractivity contribution in [2.75, 3.05) is 12.0 Å². The fourth-order valence-electron chi connectivity index (χ4n) is 4.93. The summed E-state index contributed by atoms with van der Waals surface area (Å²) < 4.78 is 20.0. The van der Waals surface area contributed by atoms with Crippen LogP contribution in [-0.4, -0.2) is 39.2 Å². The summed E-state index contributed by atoms with van der Waals surface area (Å²) in [4.78, 5) is 28.0. The molecule has 0 aliphatic carbocycles. The number of benzene rings is 4. The Morgan fingerprint density at radius 1 is 1.02 bits per heavy atom. The van der Waals surface area contributed by atoms with Gasteiger partial charge in [0.05, 0.1) is 18.7 Å². The first kappa shape index (κ1) is 27.4. The number of phenols is 1. The van der Waals surface area contributed by atoms with E-state index in [1.54, 1.807) is 12.1 Å². The molecule has 4 aromatic carbocycles. The Bertz CT molecular complexity index is 1880. The van der Waals surface area contributed by atoms with Gasteiger partial charge in [-0.1, -0.05) is 77.7 Å². The number of halogens is 1. The molecule has 1 aliphatic rings. The third-order valence-electron chi connectivity index (χ3n) is 6.89. The molecular formula is C31H22FN3O5S2. The molecule has 11 heteroatoms. The lowest BCUT2D eigenvalue weighted by Crippen LogP contribution is -2.29. The van der Waals surface area contributed by atoms with E-state index in [1.165, 1.54) is 43.1 Å². The number of hydrogen-bond donors (Lipinski definition) is 2. The zero-order valence-electron chi connectivity index (χ0n) is 22.0. The van der Waals surface area contributed by atoms with Gasteiger partial charge in [0.1, 0.15) is 11.5 Å². The number of aromatic nitrogens is 2. The second kappa shape index (κ2) is 11.3. The molecule has 6 rings (SSSR count). The van der Waals surface area contributed by atoms with Gasteiger partial charge in [0.2, 0.25) is 5.13 Å². The number of hydrogen-bond acceptors (Lipinski definition) is 9. The Morgan fingerprint density at radius 2 is 1.81 bits per heavy atom. The van der Waals surface area contributed by atoms with Gasteiger partial charge < -0.3 is 14.9 Å². The molecule has 0 saturated carbocycles. The molecule has 1 unspecified atom stereocenters. The van der Waals surface area contributed by atoms with E-state index in [2.05, 4.69) is 16.3 Å². The number of nitrogens with zero attached hydrogens (tertiary/aromatic N) is 3. The summed E-state index contributed by atoms with van der Waals surface area (Å²) in [6.45, 7) is 0. The first-order valence-electron chi connectivity index (χ1n) is 12.7. The fraction of sp³-hybridized carbons (Fsp3) is 0.0968. The van der Waals surface area contributed by atoms with Crippen LogP contribution in [0.5, 0.6) is 11.5 Å². The third kappa shape index (κ3) is 4.97. The van der Waals surface area contributed by atoms with Crippen molar-refractivity contribution in [1.82, 2.24) is 10.2 Å². The number of phenolic OH excluding ortho intramolecular Hbond substituents is 1. The number of fused-ring (bicyclic) bond motifs is 1. The van der Waals surface area contributed by atoms with E-state index in [-0.39, 0.29) is 27.8 Å². The number of anilines is 1. The minimum absolute atomic E-state index is 0.0138. The van der Waals surface area contributed by atoms with Gasteiger partial charge in [-0.2, -0.15) is 0 Å². The van der Waals surface area contributed by atoms with Crippen molar-refractivity contribution in [3.63, 3.8) is 0 Å². The van der Waals surface area contributed by atoms with E-state index in [1.807, 2.05) is 36.4 Å². The summed E-state index contributed by atoms with van der Waals surface area (Å²) in [5.41, 5.74) is 1.18. The van der Waals surface area contributed by atoms with Crippen LogP contribution in [-0.2, 0) is 15.3 Å². The lowest BCUT2D eigenvalue weighted by atomic mass is 9.95. The zero-order chi connectivity index (χ0) is 29.4. The molecule has 0 bridgehead atoms. The molecule has 8 nitrogen and oxygen atoms in total. The van der Waals surface area contributed by atoms with Crippen molar-refractivity contribution in [3.8, 4) is 11.5 Å². The summed E-state index contributed by atoms with van der Waals surface area (Å²) in [5.74, 6) is -2.76. The number of aromatic hydroxyl groups is 1. The van der Waals surface area contributed by atoms with Gasteiger partial charge >= 0.3 is 5.91 Å². The summed E-state index contributed by atoms with van der Waals surface area (Å²) >= 11 is 2.58. The number of rotatable bonds is 7. The number of ketones is 1. The van der Waals surface area contributed by atoms with Crippen molar-refractivity contribution in [1.29, 1.82) is 0 Å². The average Bonchev–Trinajstić information content (AvgIpc) is 3.57. The molecule has 1 fully saturated rings. The number of carbonyl (C=O) groups is 2. The highest BCUT2D eigenvalue weighted by molar-refractivity contribution is 8.00. The van der Waals surface area contributed by atoms with Crippen molar-refractivity contribution in [2.24, 2.45) is 0 Å². The van der Waals surface area contributed by atoms with Crippen LogP contribution in [0.25, 0.3) is 16.5 Å². The number of Topliss-reactive ketones (excluding diaryl/α,β-unsaturated/α-hetero) is 1. The highest BCUT2D eigenvalue weighted by Gasteiger charge is 2.48. The van der Waals surface area contributed by atoms with Gasteiger partial charge in [0.15, 0.2) is 15.9 Å². The van der Waals surface area contributed by atoms with E-state index in [4.69, 9.17) is 4.74 Å². The standard InChI is InChI=1S/C31H22FN3O5S2/c1-40-24-13-12-19(15-23(24)32)27(37)25-26(18-8-5-10-21(36)14-18)35(29(39)28(25)38)30-33-34-31(42-30)41-16-20-9-4-7-17-6-2-3-11-22(17)20/h2-15,26,36-37H,16H2,1H3/b27-25+. The van der Waals surface area contributed by atoms with Gasteiger partial charge in [0, 0.05) is 11.3 Å². The molecule has 1 aromatic heterocycles. The van der Waals surface area contributed by atoms with Crippen molar-refractivity contribution < 1.29 is 28.9 Å². The molecule has 42 heavy (non-hydrogen) atoms. The predicted octanol–water partition coefficient (Wildman–Crippen LogP) is 6.46. The zero-order valence-corrected chi connectivity index (χ0v) is 23.7. The lowest BCUT2D eigenvalue weighted by molar-refractivity contribution is -0.132. The van der Waals surface area contributed by atoms with Crippen molar-refractivity contribution in [2.45, 2.75) is 16.1 Å². The molecule has 1 saturated heterocycles. The summed E-state index contributed by atoms with van der Waals surface area (Å²) in [6, 6.07) is 22.7. The molecule has 0 radical (unpaired) electrons. The molecule has 0 spiro atoms. The van der Waals surface area contributed by atoms with E-state index >= 15 is 0 Å². The Labute approximate surface area is 247 Å². The SMILES string of the molecule is COc1ccc(/C(O)=C2\C(=O)C(=O)N(c3nnc(SCc4cccc5ccccc45)s3)C2c2cccc(O)c2)cc1F. The molecule has 210 valence electrons. The summed E-state index contributed by atoms with van der Waals surface area (Å²) in [6.07, 6.45) is 0. The van der Waals surface area contributed by atoms with Crippen LogP contribution < -0.4 is 9.64 Å². The maximum atomic E-state index is 14.5. The molecule has 2 N–H and O–H groups in total. The topological polar surface area (TPSA) is 113 Å². The quantitative estimate of drug-likeness (QED) is 0.0721. The lowest BCUT2D eigenvalue weighted by Gasteiger charge is -2.22. The predicted molar refractivity (Wildman–Crippen MR) is 159 cm³/mol. The first-order valence-corrected chi connectivity index (χ1v) is 14.5. The molecular weight excluding hydrogens is 577 g/mol. The highest BCUT2D eigenvalue weighted by Crippen LogP contribution is 2.45. The minimum Gasteiger partial charge on any atom is -0.508 e. The largest absolute Gasteiger partial charge is 0.508 e. The maximum Gasteiger partial charge on any atom is 0.301 e. The van der Waals surface area contributed by atoms with Crippen LogP contribution in [0.4, 0.5) is 9.52 Å². The number of thioether (sulfide) groups is 1. The van der Waals surface area contributed by atoms with Gasteiger partial charge in [-0.05, 0) is 52.2 Å². The van der Waals surface area contributed by atoms with Crippen LogP contribution >= 0.6 is 23.1 Å². The maximum absolute atomic E-state index is 14.5. The normalized spacial score (nSPS) is 16.3. The monoisotopic (exact) mass is 599 g/mol. The van der Waals surface area contributed by atoms with Gasteiger partial charge in [-0.3, -0.25) is 14.5 Å². The fourth-order valence-corrected chi connectivity index (χ4v) is 6.80. The van der Waals surface area contributed by atoms with E-state index < -0.39 is 29.3 Å². The molecule has 1 aliphatic heterocycles. The van der Waals surface area contributed by atoms with Crippen LogP contribution in [0.1, 0.15) is 22.7 Å². The Kier molecular flexibility index (Phi) is 7.36. The molecule has 1 atom stereocenters. The van der Waals surface area contributed by atoms with Crippen LogP contribution in [0, 0.1) is 5.82 Å². The number of amides is 1. The van der Waals surface area contributed by atoms with Crippen molar-refractivity contribution in [3.05, 3.63) is 113 Å². The Balaban J connectivity index is 1.38. The number of aliphatic hydroxyl groups is 1. The number of methoxy groups -OCH3 is 1. The summed E-state index contributed by atoms with van der Waals surface area (Å²) in [7, 11) is 1.31. The molecule has 5 aromatic rings. The number of aliphatic hydroxyl groups excluding tert-OH is 1. The average molecular weight is 600 g/mol. The molecule has 2 heterocycles. The number of ether oxygens (including phenoxy) is 1. The Hall–Kier alpha value is -4.74. The molecule has 1 amide bonds. The van der Waals surface area contributed by atoms with Gasteiger partial charge in [-0.15, -0.1) is 10.2 Å². The second-order valence-corrected chi connectivity index (χ2v) is 11.6. The second-order valence-electron chi connectivity index (χ2n) is 9.39. The Morgan fingerprint density at radius 3 is 2.60 bits per heavy atom. The van der Waals surface area contributed by atoms with E-state index in [9.17, 15) is 24.2 Å². The van der Waals surface area contributed by atoms with Crippen LogP contribution in [0.15, 0.2) is 94.8 Å². The number of carbonyl (C=O) groups excluding carboxylic acids is 2. The van der Waals surface area contributed by atoms with Crippen molar-refractivity contribution >= 4 is 56.5 Å². The van der Waals surface area contributed by atoms with Crippen LogP contribution in [0.2, 0.25) is 0 Å². The van der Waals surface area contributed by atoms with E-state index in [0.29, 0.717) is 15.7 Å².